The number of halogens is 3. The van der Waals surface area contributed by atoms with Gasteiger partial charge in [0.05, 0.1) is 6.54 Å². The van der Waals surface area contributed by atoms with Gasteiger partial charge in [-0.3, -0.25) is 0 Å². The summed E-state index contributed by atoms with van der Waals surface area (Å²) in [7, 11) is 0. The van der Waals surface area contributed by atoms with Gasteiger partial charge in [-0.05, 0) is 41.8 Å². The summed E-state index contributed by atoms with van der Waals surface area (Å²) in [6.07, 6.45) is -3.80. The van der Waals surface area contributed by atoms with E-state index in [1.165, 1.54) is 29.8 Å². The second kappa shape index (κ2) is 7.72. The number of nitrogens with two attached hydrogens (primary N) is 1. The van der Waals surface area contributed by atoms with Gasteiger partial charge in [-0.25, -0.2) is 4.99 Å². The highest BCUT2D eigenvalue weighted by Crippen LogP contribution is 2.23. The first-order valence-electron chi connectivity index (χ1n) is 7.37. The van der Waals surface area contributed by atoms with Crippen LogP contribution in [0.4, 0.5) is 18.9 Å². The molecule has 0 heterocycles. The van der Waals surface area contributed by atoms with E-state index in [1.54, 1.807) is 0 Å². The van der Waals surface area contributed by atoms with Crippen LogP contribution in [0.3, 0.4) is 0 Å². The average Bonchev–Trinajstić information content (AvgIpc) is 2.53. The number of hydrogen-bond donors (Lipinski definition) is 2. The van der Waals surface area contributed by atoms with Crippen molar-refractivity contribution in [2.45, 2.75) is 26.3 Å². The van der Waals surface area contributed by atoms with Crippen LogP contribution in [0.1, 0.15) is 18.1 Å². The highest BCUT2D eigenvalue weighted by Gasteiger charge is 2.30. The highest BCUT2D eigenvalue weighted by atomic mass is 19.4. The van der Waals surface area contributed by atoms with Crippen molar-refractivity contribution in [3.05, 3.63) is 59.7 Å². The quantitative estimate of drug-likeness (QED) is 0.638. The molecular formula is C17H18F3N3O. The zero-order valence-corrected chi connectivity index (χ0v) is 13.1. The van der Waals surface area contributed by atoms with E-state index in [4.69, 9.17) is 5.73 Å². The van der Waals surface area contributed by atoms with E-state index in [0.717, 1.165) is 12.0 Å². The van der Waals surface area contributed by atoms with Crippen molar-refractivity contribution in [2.24, 2.45) is 10.7 Å². The van der Waals surface area contributed by atoms with Crippen LogP contribution in [-0.4, -0.2) is 12.3 Å². The molecule has 2 aromatic rings. The molecule has 0 aliphatic heterocycles. The molecule has 4 nitrogen and oxygen atoms in total. The lowest BCUT2D eigenvalue weighted by Crippen LogP contribution is -2.22. The molecule has 0 fully saturated rings. The van der Waals surface area contributed by atoms with Crippen LogP contribution in [0.2, 0.25) is 0 Å². The number of rotatable bonds is 5. The van der Waals surface area contributed by atoms with Crippen molar-refractivity contribution in [1.29, 1.82) is 0 Å². The lowest BCUT2D eigenvalue weighted by molar-refractivity contribution is -0.274. The predicted molar refractivity (Wildman–Crippen MR) is 87.9 cm³/mol. The molecule has 128 valence electrons. The van der Waals surface area contributed by atoms with Crippen molar-refractivity contribution in [3.63, 3.8) is 0 Å². The number of aryl methyl sites for hydroxylation is 1. The van der Waals surface area contributed by atoms with E-state index in [1.807, 2.05) is 24.3 Å². The Labute approximate surface area is 138 Å². The number of anilines is 1. The molecule has 0 saturated carbocycles. The fourth-order valence-electron chi connectivity index (χ4n) is 2.15. The summed E-state index contributed by atoms with van der Waals surface area (Å²) in [5.41, 5.74) is 8.61. The number of ether oxygens (including phenoxy) is 1. The number of aliphatic imine (C=N–C) groups is 1. The molecular weight excluding hydrogens is 319 g/mol. The van der Waals surface area contributed by atoms with Crippen molar-refractivity contribution < 1.29 is 17.9 Å². The van der Waals surface area contributed by atoms with Crippen LogP contribution >= 0.6 is 0 Å². The Morgan fingerprint density at radius 3 is 2.29 bits per heavy atom. The number of nitrogens with one attached hydrogen (secondary N) is 1. The van der Waals surface area contributed by atoms with Crippen LogP contribution in [0, 0.1) is 0 Å². The lowest BCUT2D eigenvalue weighted by atomic mass is 10.1. The molecule has 7 heteroatoms. The maximum absolute atomic E-state index is 12.1. The standard InChI is InChI=1S/C17H18F3N3O/c1-2-12-5-3-4-6-13(12)11-22-16(21)23-14-7-9-15(10-8-14)24-17(18,19)20/h3-10H,2,11H2,1H3,(H3,21,22,23). The smallest absolute Gasteiger partial charge is 0.406 e. The minimum Gasteiger partial charge on any atom is -0.406 e. The number of nitrogens with zero attached hydrogens (tertiary/aromatic N) is 1. The second-order valence-corrected chi connectivity index (χ2v) is 5.02. The average molecular weight is 337 g/mol. The SMILES string of the molecule is CCc1ccccc1CN=C(N)Nc1ccc(OC(F)(F)F)cc1. The molecule has 0 aliphatic carbocycles. The zero-order chi connectivity index (χ0) is 17.6. The van der Waals surface area contributed by atoms with Crippen molar-refractivity contribution >= 4 is 11.6 Å². The second-order valence-electron chi connectivity index (χ2n) is 5.02. The number of alkyl halides is 3. The number of benzene rings is 2. The van der Waals surface area contributed by atoms with E-state index in [-0.39, 0.29) is 11.7 Å². The largest absolute Gasteiger partial charge is 0.573 e. The first-order valence-corrected chi connectivity index (χ1v) is 7.37. The van der Waals surface area contributed by atoms with Crippen molar-refractivity contribution in [1.82, 2.24) is 0 Å². The van der Waals surface area contributed by atoms with Crippen LogP contribution < -0.4 is 15.8 Å². The molecule has 0 spiro atoms. The number of guanidine groups is 1. The van der Waals surface area contributed by atoms with Gasteiger partial charge in [-0.2, -0.15) is 0 Å². The monoisotopic (exact) mass is 337 g/mol. The van der Waals surface area contributed by atoms with Crippen molar-refractivity contribution in [2.75, 3.05) is 5.32 Å². The minimum atomic E-state index is -4.71. The molecule has 0 amide bonds. The Bertz CT molecular complexity index is 697. The number of hydrogen-bond acceptors (Lipinski definition) is 2. The summed E-state index contributed by atoms with van der Waals surface area (Å²) < 4.78 is 40.1. The molecule has 0 saturated heterocycles. The molecule has 0 unspecified atom stereocenters. The normalized spacial score (nSPS) is 12.1. The Morgan fingerprint density at radius 1 is 1.08 bits per heavy atom. The summed E-state index contributed by atoms with van der Waals surface area (Å²) in [5, 5.41) is 2.83. The van der Waals surface area contributed by atoms with E-state index in [2.05, 4.69) is 22.0 Å². The van der Waals surface area contributed by atoms with Gasteiger partial charge in [0, 0.05) is 5.69 Å². The molecule has 0 aromatic heterocycles. The van der Waals surface area contributed by atoms with E-state index < -0.39 is 6.36 Å². The Morgan fingerprint density at radius 2 is 1.71 bits per heavy atom. The first kappa shape index (κ1) is 17.7. The molecule has 24 heavy (non-hydrogen) atoms. The van der Waals surface area contributed by atoms with Crippen molar-refractivity contribution in [3.8, 4) is 5.75 Å². The summed E-state index contributed by atoms with van der Waals surface area (Å²) in [5.74, 6) is -0.106. The van der Waals surface area contributed by atoms with E-state index in [9.17, 15) is 13.2 Å². The topological polar surface area (TPSA) is 59.6 Å². The van der Waals surface area contributed by atoms with Gasteiger partial charge in [-0.1, -0.05) is 31.2 Å². The maximum Gasteiger partial charge on any atom is 0.573 e. The molecule has 0 bridgehead atoms. The first-order chi connectivity index (χ1) is 11.4. The van der Waals surface area contributed by atoms with Crippen LogP contribution in [0.15, 0.2) is 53.5 Å². The Balaban J connectivity index is 1.97. The Hall–Kier alpha value is -2.70. The fraction of sp³-hybridized carbons (Fsp3) is 0.235. The van der Waals surface area contributed by atoms with Gasteiger partial charge in [0.25, 0.3) is 0 Å². The molecule has 2 aromatic carbocycles. The zero-order valence-electron chi connectivity index (χ0n) is 13.1. The Kier molecular flexibility index (Phi) is 5.68. The van der Waals surface area contributed by atoms with Gasteiger partial charge in [0.15, 0.2) is 5.96 Å². The summed E-state index contributed by atoms with van der Waals surface area (Å²) >= 11 is 0. The lowest BCUT2D eigenvalue weighted by Gasteiger charge is -2.10. The molecule has 0 aliphatic rings. The third-order valence-corrected chi connectivity index (χ3v) is 3.28. The van der Waals surface area contributed by atoms with Gasteiger partial charge < -0.3 is 15.8 Å². The molecule has 2 rings (SSSR count). The summed E-state index contributed by atoms with van der Waals surface area (Å²) in [6, 6.07) is 13.2. The third kappa shape index (κ3) is 5.49. The minimum absolute atomic E-state index is 0.186. The van der Waals surface area contributed by atoms with Gasteiger partial charge >= 0.3 is 6.36 Å². The molecule has 0 radical (unpaired) electrons. The van der Waals surface area contributed by atoms with Gasteiger partial charge in [0.1, 0.15) is 5.75 Å². The maximum atomic E-state index is 12.1. The van der Waals surface area contributed by atoms with Gasteiger partial charge in [-0.15, -0.1) is 13.2 Å². The third-order valence-electron chi connectivity index (χ3n) is 3.28. The molecule has 3 N–H and O–H groups in total. The van der Waals surface area contributed by atoms with Gasteiger partial charge in [0.2, 0.25) is 0 Å². The summed E-state index contributed by atoms with van der Waals surface area (Å²) in [6.45, 7) is 2.49. The fourth-order valence-corrected chi connectivity index (χ4v) is 2.15. The van der Waals surface area contributed by atoms with E-state index >= 15 is 0 Å². The van der Waals surface area contributed by atoms with E-state index in [0.29, 0.717) is 12.2 Å². The molecule has 0 atom stereocenters. The van der Waals surface area contributed by atoms with Crippen LogP contribution in [0.25, 0.3) is 0 Å². The highest BCUT2D eigenvalue weighted by molar-refractivity contribution is 5.92. The summed E-state index contributed by atoms with van der Waals surface area (Å²) in [4.78, 5) is 4.25. The predicted octanol–water partition coefficient (Wildman–Crippen LogP) is 4.07. The van der Waals surface area contributed by atoms with Crippen LogP contribution in [-0.2, 0) is 13.0 Å². The van der Waals surface area contributed by atoms with Crippen LogP contribution in [0.5, 0.6) is 5.75 Å².